The maximum Gasteiger partial charge on any atom is 0.185 e. The molecule has 0 amide bonds. The van der Waals surface area contributed by atoms with Gasteiger partial charge in [0.05, 0.1) is 17.2 Å². The zero-order valence-electron chi connectivity index (χ0n) is 13.0. The van der Waals surface area contributed by atoms with Gasteiger partial charge in [0.15, 0.2) is 11.0 Å². The number of aromatic hydroxyl groups is 1. The van der Waals surface area contributed by atoms with Crippen LogP contribution in [0.5, 0.6) is 5.75 Å². The number of rotatable bonds is 3. The standard InChI is InChI=1S/C19H13ClN4O/c20-18-19(23-16-8-4-3-7-15(16)22-18)24-21-11-14-13-6-2-1-5-12(13)9-10-17(14)25/h1-11,25H,(H,23,24). The summed E-state index contributed by atoms with van der Waals surface area (Å²) in [4.78, 5) is 8.69. The van der Waals surface area contributed by atoms with E-state index in [0.717, 1.165) is 16.3 Å². The molecular weight excluding hydrogens is 336 g/mol. The van der Waals surface area contributed by atoms with E-state index < -0.39 is 0 Å². The lowest BCUT2D eigenvalue weighted by molar-refractivity contribution is 0.475. The van der Waals surface area contributed by atoms with Crippen LogP contribution in [0.15, 0.2) is 65.8 Å². The number of fused-ring (bicyclic) bond motifs is 2. The quantitative estimate of drug-likeness (QED) is 0.419. The van der Waals surface area contributed by atoms with Gasteiger partial charge in [0.2, 0.25) is 0 Å². The number of para-hydroxylation sites is 2. The summed E-state index contributed by atoms with van der Waals surface area (Å²) in [5.74, 6) is 0.510. The predicted octanol–water partition coefficient (Wildman–Crippen LogP) is 4.59. The molecule has 0 fully saturated rings. The Hall–Kier alpha value is -3.18. The Bertz CT molecular complexity index is 1110. The first-order valence-corrected chi connectivity index (χ1v) is 8.02. The van der Waals surface area contributed by atoms with E-state index in [1.54, 1.807) is 12.3 Å². The van der Waals surface area contributed by atoms with E-state index >= 15 is 0 Å². The second kappa shape index (κ2) is 6.37. The number of hydrogen-bond acceptors (Lipinski definition) is 5. The average molecular weight is 349 g/mol. The van der Waals surface area contributed by atoms with Crippen LogP contribution in [-0.2, 0) is 0 Å². The van der Waals surface area contributed by atoms with Crippen molar-refractivity contribution in [1.29, 1.82) is 0 Å². The molecule has 0 bridgehead atoms. The normalized spacial score (nSPS) is 11.4. The maximum absolute atomic E-state index is 10.1. The summed E-state index contributed by atoms with van der Waals surface area (Å²) < 4.78 is 0. The van der Waals surface area contributed by atoms with Crippen molar-refractivity contribution in [1.82, 2.24) is 9.97 Å². The minimum Gasteiger partial charge on any atom is -0.507 e. The molecule has 0 aliphatic heterocycles. The zero-order chi connectivity index (χ0) is 17.2. The van der Waals surface area contributed by atoms with Crippen molar-refractivity contribution in [2.75, 3.05) is 5.43 Å². The molecule has 6 heteroatoms. The summed E-state index contributed by atoms with van der Waals surface area (Å²) in [6, 6.07) is 18.7. The maximum atomic E-state index is 10.1. The molecule has 5 nitrogen and oxygen atoms in total. The van der Waals surface area contributed by atoms with E-state index in [4.69, 9.17) is 11.6 Å². The third kappa shape index (κ3) is 2.97. The number of anilines is 1. The van der Waals surface area contributed by atoms with E-state index in [9.17, 15) is 5.11 Å². The van der Waals surface area contributed by atoms with Crippen LogP contribution in [0.4, 0.5) is 5.82 Å². The summed E-state index contributed by atoms with van der Waals surface area (Å²) in [6.07, 6.45) is 1.55. The van der Waals surface area contributed by atoms with Gasteiger partial charge in [-0.3, -0.25) is 5.43 Å². The van der Waals surface area contributed by atoms with Crippen molar-refractivity contribution in [3.63, 3.8) is 0 Å². The van der Waals surface area contributed by atoms with Crippen LogP contribution in [0.1, 0.15) is 5.56 Å². The van der Waals surface area contributed by atoms with Gasteiger partial charge in [-0.25, -0.2) is 9.97 Å². The third-order valence-corrected chi connectivity index (χ3v) is 4.10. The van der Waals surface area contributed by atoms with Gasteiger partial charge >= 0.3 is 0 Å². The van der Waals surface area contributed by atoms with Crippen LogP contribution in [-0.4, -0.2) is 21.3 Å². The lowest BCUT2D eigenvalue weighted by atomic mass is 10.0. The first-order chi connectivity index (χ1) is 12.2. The summed E-state index contributed by atoms with van der Waals surface area (Å²) in [5, 5.41) is 16.5. The zero-order valence-corrected chi connectivity index (χ0v) is 13.8. The fraction of sp³-hybridized carbons (Fsp3) is 0. The van der Waals surface area contributed by atoms with Crippen molar-refractivity contribution >= 4 is 45.4 Å². The number of benzene rings is 3. The highest BCUT2D eigenvalue weighted by molar-refractivity contribution is 6.32. The number of halogens is 1. The smallest absolute Gasteiger partial charge is 0.185 e. The molecule has 122 valence electrons. The number of hydrazone groups is 1. The molecule has 0 radical (unpaired) electrons. The second-order valence-corrected chi connectivity index (χ2v) is 5.80. The molecular formula is C19H13ClN4O. The van der Waals surface area contributed by atoms with E-state index in [0.29, 0.717) is 16.9 Å². The molecule has 0 aliphatic carbocycles. The average Bonchev–Trinajstić information content (AvgIpc) is 2.64. The van der Waals surface area contributed by atoms with Gasteiger partial charge in [-0.2, -0.15) is 5.10 Å². The summed E-state index contributed by atoms with van der Waals surface area (Å²) in [7, 11) is 0. The molecule has 1 heterocycles. The Morgan fingerprint density at radius 3 is 2.48 bits per heavy atom. The molecule has 4 aromatic rings. The minimum atomic E-state index is 0.153. The first kappa shape index (κ1) is 15.4. The highest BCUT2D eigenvalue weighted by Gasteiger charge is 2.07. The monoisotopic (exact) mass is 348 g/mol. The first-order valence-electron chi connectivity index (χ1n) is 7.64. The topological polar surface area (TPSA) is 70.4 Å². The summed E-state index contributed by atoms with van der Waals surface area (Å²) in [5.41, 5.74) is 4.86. The molecule has 0 aliphatic rings. The summed E-state index contributed by atoms with van der Waals surface area (Å²) in [6.45, 7) is 0. The van der Waals surface area contributed by atoms with Gasteiger partial charge in [-0.1, -0.05) is 54.1 Å². The Morgan fingerprint density at radius 2 is 1.64 bits per heavy atom. The Kier molecular flexibility index (Phi) is 3.91. The van der Waals surface area contributed by atoms with Gasteiger partial charge in [0.25, 0.3) is 0 Å². The molecule has 0 unspecified atom stereocenters. The van der Waals surface area contributed by atoms with Crippen molar-refractivity contribution in [2.45, 2.75) is 0 Å². The highest BCUT2D eigenvalue weighted by atomic mass is 35.5. The van der Waals surface area contributed by atoms with Crippen LogP contribution >= 0.6 is 11.6 Å². The van der Waals surface area contributed by atoms with Gasteiger partial charge < -0.3 is 5.11 Å². The molecule has 0 saturated carbocycles. The predicted molar refractivity (Wildman–Crippen MR) is 101 cm³/mol. The second-order valence-electron chi connectivity index (χ2n) is 5.44. The van der Waals surface area contributed by atoms with Crippen molar-refractivity contribution in [3.8, 4) is 5.75 Å². The number of nitrogens with zero attached hydrogens (tertiary/aromatic N) is 3. The Labute approximate surface area is 148 Å². The van der Waals surface area contributed by atoms with Gasteiger partial charge in [0, 0.05) is 5.56 Å². The fourth-order valence-electron chi connectivity index (χ4n) is 2.63. The number of aromatic nitrogens is 2. The molecule has 0 atom stereocenters. The van der Waals surface area contributed by atoms with E-state index in [1.165, 1.54) is 0 Å². The van der Waals surface area contributed by atoms with E-state index in [-0.39, 0.29) is 10.9 Å². The Morgan fingerprint density at radius 1 is 0.920 bits per heavy atom. The molecule has 0 spiro atoms. The SMILES string of the molecule is Oc1ccc2ccccc2c1C=NNc1nc2ccccc2nc1Cl. The fourth-order valence-corrected chi connectivity index (χ4v) is 2.80. The molecule has 3 aromatic carbocycles. The molecule has 0 saturated heterocycles. The third-order valence-electron chi connectivity index (χ3n) is 3.84. The lowest BCUT2D eigenvalue weighted by Gasteiger charge is -2.06. The van der Waals surface area contributed by atoms with Gasteiger partial charge in [-0.15, -0.1) is 0 Å². The molecule has 25 heavy (non-hydrogen) atoms. The molecule has 2 N–H and O–H groups in total. The van der Waals surface area contributed by atoms with Crippen molar-refractivity contribution in [2.24, 2.45) is 5.10 Å². The number of phenolic OH excluding ortho intramolecular Hbond substituents is 1. The number of nitrogens with one attached hydrogen (secondary N) is 1. The number of hydrogen-bond donors (Lipinski definition) is 2. The summed E-state index contributed by atoms with van der Waals surface area (Å²) >= 11 is 6.15. The minimum absolute atomic E-state index is 0.153. The Balaban J connectivity index is 1.68. The number of phenols is 1. The van der Waals surface area contributed by atoms with Gasteiger partial charge in [0.1, 0.15) is 5.75 Å². The van der Waals surface area contributed by atoms with Crippen LogP contribution in [0, 0.1) is 0 Å². The molecule has 1 aromatic heterocycles. The van der Waals surface area contributed by atoms with Crippen LogP contribution < -0.4 is 5.43 Å². The van der Waals surface area contributed by atoms with E-state index in [1.807, 2.05) is 54.6 Å². The van der Waals surface area contributed by atoms with Crippen molar-refractivity contribution in [3.05, 3.63) is 71.4 Å². The van der Waals surface area contributed by atoms with E-state index in [2.05, 4.69) is 20.5 Å². The van der Waals surface area contributed by atoms with Gasteiger partial charge in [-0.05, 0) is 29.0 Å². The van der Waals surface area contributed by atoms with Crippen LogP contribution in [0.25, 0.3) is 21.8 Å². The highest BCUT2D eigenvalue weighted by Crippen LogP contribution is 2.26. The lowest BCUT2D eigenvalue weighted by Crippen LogP contribution is -1.97. The molecule has 4 rings (SSSR count). The van der Waals surface area contributed by atoms with Crippen LogP contribution in [0.2, 0.25) is 5.15 Å². The largest absolute Gasteiger partial charge is 0.507 e. The van der Waals surface area contributed by atoms with Crippen LogP contribution in [0.3, 0.4) is 0 Å². The van der Waals surface area contributed by atoms with Crippen molar-refractivity contribution < 1.29 is 5.11 Å².